The van der Waals surface area contributed by atoms with Crippen molar-refractivity contribution in [2.75, 3.05) is 6.61 Å². The second-order valence-electron chi connectivity index (χ2n) is 4.53. The van der Waals surface area contributed by atoms with Crippen LogP contribution in [0.15, 0.2) is 36.4 Å². The summed E-state index contributed by atoms with van der Waals surface area (Å²) >= 11 is 18.5. The number of fused-ring (bicyclic) bond motifs is 1. The first kappa shape index (κ1) is 13.1. The Kier molecular flexibility index (Phi) is 3.62. The molecule has 0 radical (unpaired) electrons. The summed E-state index contributed by atoms with van der Waals surface area (Å²) in [6.45, 7) is 0.745. The number of benzene rings is 2. The fourth-order valence-corrected chi connectivity index (χ4v) is 3.08. The average Bonchev–Trinajstić information content (AvgIpc) is 2.83. The van der Waals surface area contributed by atoms with Crippen molar-refractivity contribution in [1.82, 2.24) is 0 Å². The summed E-state index contributed by atoms with van der Waals surface area (Å²) in [5.74, 6) is 0.955. The number of hydrogen-bond acceptors (Lipinski definition) is 1. The maximum absolute atomic E-state index is 6.52. The number of alkyl halides is 1. The molecule has 98 valence electrons. The maximum Gasteiger partial charge on any atom is 0.122 e. The van der Waals surface area contributed by atoms with Gasteiger partial charge in [0.2, 0.25) is 0 Å². The average molecular weight is 314 g/mol. The van der Waals surface area contributed by atoms with Crippen molar-refractivity contribution >= 4 is 34.8 Å². The van der Waals surface area contributed by atoms with Crippen LogP contribution < -0.4 is 4.74 Å². The van der Waals surface area contributed by atoms with E-state index in [0.717, 1.165) is 29.9 Å². The van der Waals surface area contributed by atoms with Crippen molar-refractivity contribution in [1.29, 1.82) is 0 Å². The molecule has 2 aromatic carbocycles. The van der Waals surface area contributed by atoms with Gasteiger partial charge in [0.25, 0.3) is 0 Å². The first-order valence-corrected chi connectivity index (χ1v) is 7.18. The zero-order chi connectivity index (χ0) is 13.4. The zero-order valence-corrected chi connectivity index (χ0v) is 12.3. The second-order valence-corrected chi connectivity index (χ2v) is 5.84. The molecular weight excluding hydrogens is 303 g/mol. The fraction of sp³-hybridized carbons (Fsp3) is 0.200. The Hall–Kier alpha value is -0.890. The highest BCUT2D eigenvalue weighted by atomic mass is 35.5. The van der Waals surface area contributed by atoms with Gasteiger partial charge in [-0.2, -0.15) is 0 Å². The van der Waals surface area contributed by atoms with E-state index in [1.54, 1.807) is 6.07 Å². The lowest BCUT2D eigenvalue weighted by Gasteiger charge is -2.12. The summed E-state index contributed by atoms with van der Waals surface area (Å²) in [6, 6.07) is 11.4. The van der Waals surface area contributed by atoms with Crippen LogP contribution in [0.1, 0.15) is 22.1 Å². The summed E-state index contributed by atoms with van der Waals surface area (Å²) < 4.78 is 5.49. The molecule has 0 spiro atoms. The molecule has 0 saturated heterocycles. The van der Waals surface area contributed by atoms with Gasteiger partial charge in [-0.3, -0.25) is 0 Å². The van der Waals surface area contributed by atoms with Gasteiger partial charge in [0.15, 0.2) is 0 Å². The van der Waals surface area contributed by atoms with E-state index >= 15 is 0 Å². The molecule has 1 atom stereocenters. The molecule has 0 aliphatic carbocycles. The molecule has 19 heavy (non-hydrogen) atoms. The van der Waals surface area contributed by atoms with Crippen LogP contribution in [0.2, 0.25) is 10.0 Å². The standard InChI is InChI=1S/C15H11Cl3O/c16-12-6-11(7-13(17)8-12)15(18)10-1-2-14-9(5-10)3-4-19-14/h1-2,5-8,15H,3-4H2. The lowest BCUT2D eigenvalue weighted by molar-refractivity contribution is 0.357. The summed E-state index contributed by atoms with van der Waals surface area (Å²) in [6.07, 6.45) is 0.934. The molecule has 0 aromatic heterocycles. The van der Waals surface area contributed by atoms with E-state index in [-0.39, 0.29) is 5.38 Å². The minimum atomic E-state index is -0.262. The predicted molar refractivity (Wildman–Crippen MR) is 79.8 cm³/mol. The molecule has 0 N–H and O–H groups in total. The molecule has 0 fully saturated rings. The van der Waals surface area contributed by atoms with Crippen LogP contribution in [0, 0.1) is 0 Å². The Morgan fingerprint density at radius 2 is 1.68 bits per heavy atom. The van der Waals surface area contributed by atoms with Crippen molar-refractivity contribution in [2.24, 2.45) is 0 Å². The molecule has 1 aliphatic rings. The Balaban J connectivity index is 1.97. The van der Waals surface area contributed by atoms with Crippen LogP contribution >= 0.6 is 34.8 Å². The number of ether oxygens (including phenoxy) is 1. The molecule has 1 aliphatic heterocycles. The van der Waals surface area contributed by atoms with Gasteiger partial charge in [-0.05, 0) is 41.0 Å². The normalized spacial score (nSPS) is 14.9. The molecule has 2 aromatic rings. The minimum Gasteiger partial charge on any atom is -0.493 e. The van der Waals surface area contributed by atoms with Crippen LogP contribution in [0.5, 0.6) is 5.75 Å². The minimum absolute atomic E-state index is 0.262. The molecule has 0 saturated carbocycles. The molecule has 4 heteroatoms. The Morgan fingerprint density at radius 1 is 0.947 bits per heavy atom. The SMILES string of the molecule is Clc1cc(Cl)cc(C(Cl)c2ccc3c(c2)CCO3)c1. The summed E-state index contributed by atoms with van der Waals surface area (Å²) in [4.78, 5) is 0. The highest BCUT2D eigenvalue weighted by molar-refractivity contribution is 6.35. The van der Waals surface area contributed by atoms with E-state index in [2.05, 4.69) is 6.07 Å². The van der Waals surface area contributed by atoms with Crippen LogP contribution in [-0.4, -0.2) is 6.61 Å². The lowest BCUT2D eigenvalue weighted by Crippen LogP contribution is -1.94. The van der Waals surface area contributed by atoms with Crippen LogP contribution in [0.3, 0.4) is 0 Å². The van der Waals surface area contributed by atoms with E-state index in [0.29, 0.717) is 10.0 Å². The zero-order valence-electron chi connectivity index (χ0n) is 10.00. The number of hydrogen-bond donors (Lipinski definition) is 0. The Labute approximate surface area is 127 Å². The number of halogens is 3. The molecule has 1 unspecified atom stereocenters. The molecule has 1 heterocycles. The van der Waals surface area contributed by atoms with E-state index in [9.17, 15) is 0 Å². The third-order valence-corrected chi connectivity index (χ3v) is 4.12. The van der Waals surface area contributed by atoms with Crippen LogP contribution in [0.4, 0.5) is 0 Å². The highest BCUT2D eigenvalue weighted by Gasteiger charge is 2.17. The Morgan fingerprint density at radius 3 is 2.42 bits per heavy atom. The number of rotatable bonds is 2. The third kappa shape index (κ3) is 2.69. The van der Waals surface area contributed by atoms with Crippen molar-refractivity contribution in [3.63, 3.8) is 0 Å². The van der Waals surface area contributed by atoms with Gasteiger partial charge in [-0.25, -0.2) is 0 Å². The van der Waals surface area contributed by atoms with E-state index < -0.39 is 0 Å². The lowest BCUT2D eigenvalue weighted by atomic mass is 10.0. The first-order chi connectivity index (χ1) is 9.13. The van der Waals surface area contributed by atoms with Gasteiger partial charge in [0.05, 0.1) is 12.0 Å². The van der Waals surface area contributed by atoms with Gasteiger partial charge in [-0.1, -0.05) is 35.3 Å². The van der Waals surface area contributed by atoms with Crippen LogP contribution in [0.25, 0.3) is 0 Å². The topological polar surface area (TPSA) is 9.23 Å². The summed E-state index contributed by atoms with van der Waals surface area (Å²) in [7, 11) is 0. The van der Waals surface area contributed by atoms with Gasteiger partial charge in [-0.15, -0.1) is 11.6 Å². The molecular formula is C15H11Cl3O. The maximum atomic E-state index is 6.52. The smallest absolute Gasteiger partial charge is 0.122 e. The van der Waals surface area contributed by atoms with E-state index in [1.165, 1.54) is 5.56 Å². The van der Waals surface area contributed by atoms with Crippen molar-refractivity contribution in [3.8, 4) is 5.75 Å². The largest absolute Gasteiger partial charge is 0.493 e. The predicted octanol–water partition coefficient (Wildman–Crippen LogP) is 5.26. The summed E-state index contributed by atoms with van der Waals surface area (Å²) in [5, 5.41) is 0.928. The van der Waals surface area contributed by atoms with Gasteiger partial charge in [0.1, 0.15) is 5.75 Å². The summed E-state index contributed by atoms with van der Waals surface area (Å²) in [5.41, 5.74) is 3.14. The van der Waals surface area contributed by atoms with Gasteiger partial charge in [0, 0.05) is 16.5 Å². The third-order valence-electron chi connectivity index (χ3n) is 3.18. The molecule has 3 rings (SSSR count). The molecule has 1 nitrogen and oxygen atoms in total. The van der Waals surface area contributed by atoms with Gasteiger partial charge < -0.3 is 4.74 Å². The van der Waals surface area contributed by atoms with Crippen molar-refractivity contribution in [3.05, 3.63) is 63.1 Å². The second kappa shape index (κ2) is 5.24. The quantitative estimate of drug-likeness (QED) is 0.687. The Bertz CT molecular complexity index is 605. The van der Waals surface area contributed by atoms with E-state index in [1.807, 2.05) is 24.3 Å². The first-order valence-electron chi connectivity index (χ1n) is 5.99. The van der Waals surface area contributed by atoms with Crippen LogP contribution in [-0.2, 0) is 6.42 Å². The van der Waals surface area contributed by atoms with Crippen molar-refractivity contribution in [2.45, 2.75) is 11.8 Å². The molecule has 0 amide bonds. The molecule has 0 bridgehead atoms. The monoisotopic (exact) mass is 312 g/mol. The fourth-order valence-electron chi connectivity index (χ4n) is 2.28. The van der Waals surface area contributed by atoms with E-state index in [4.69, 9.17) is 39.5 Å². The van der Waals surface area contributed by atoms with Gasteiger partial charge >= 0.3 is 0 Å². The highest BCUT2D eigenvalue weighted by Crippen LogP contribution is 2.35. The van der Waals surface area contributed by atoms with Crippen molar-refractivity contribution < 1.29 is 4.74 Å².